The number of ether oxygens (including phenoxy) is 2. The van der Waals surface area contributed by atoms with Crippen LogP contribution in [-0.2, 0) is 9.47 Å². The van der Waals surface area contributed by atoms with E-state index in [9.17, 15) is 9.59 Å². The highest BCUT2D eigenvalue weighted by atomic mass is 16.5. The SMILES string of the molecule is C=CCOC(=O)c1ccc(-c2ccccc2)c(-c2ccccc2)c1C(=O)OCC=C. The second-order valence-corrected chi connectivity index (χ2v) is 6.42. The molecule has 0 aliphatic heterocycles. The topological polar surface area (TPSA) is 52.6 Å². The van der Waals surface area contributed by atoms with Gasteiger partial charge >= 0.3 is 11.9 Å². The highest BCUT2D eigenvalue weighted by molar-refractivity contribution is 6.10. The molecule has 0 heterocycles. The normalized spacial score (nSPS) is 10.1. The summed E-state index contributed by atoms with van der Waals surface area (Å²) in [4.78, 5) is 25.8. The van der Waals surface area contributed by atoms with Crippen molar-refractivity contribution in [1.82, 2.24) is 0 Å². The molecule has 0 bridgehead atoms. The van der Waals surface area contributed by atoms with Crippen molar-refractivity contribution in [2.75, 3.05) is 13.2 Å². The van der Waals surface area contributed by atoms with E-state index in [4.69, 9.17) is 9.47 Å². The molecule has 0 saturated heterocycles. The summed E-state index contributed by atoms with van der Waals surface area (Å²) < 4.78 is 10.6. The molecule has 3 rings (SSSR count). The minimum atomic E-state index is -0.614. The zero-order valence-electron chi connectivity index (χ0n) is 16.5. The van der Waals surface area contributed by atoms with Crippen LogP contribution >= 0.6 is 0 Å². The lowest BCUT2D eigenvalue weighted by molar-refractivity contribution is 0.0504. The van der Waals surface area contributed by atoms with E-state index in [-0.39, 0.29) is 24.3 Å². The van der Waals surface area contributed by atoms with Crippen LogP contribution < -0.4 is 0 Å². The second-order valence-electron chi connectivity index (χ2n) is 6.42. The largest absolute Gasteiger partial charge is 0.458 e. The molecule has 0 spiro atoms. The maximum Gasteiger partial charge on any atom is 0.339 e. The van der Waals surface area contributed by atoms with Gasteiger partial charge in [-0.15, -0.1) is 0 Å². The Morgan fingerprint density at radius 2 is 1.23 bits per heavy atom. The van der Waals surface area contributed by atoms with Crippen molar-refractivity contribution in [3.8, 4) is 22.3 Å². The molecule has 0 amide bonds. The maximum atomic E-state index is 13.1. The van der Waals surface area contributed by atoms with Gasteiger partial charge in [0.05, 0.1) is 11.1 Å². The highest BCUT2D eigenvalue weighted by Gasteiger charge is 2.26. The van der Waals surface area contributed by atoms with Crippen molar-refractivity contribution in [2.45, 2.75) is 0 Å². The molecule has 0 aliphatic carbocycles. The first-order valence-corrected chi connectivity index (χ1v) is 9.51. The van der Waals surface area contributed by atoms with Gasteiger partial charge in [-0.25, -0.2) is 9.59 Å². The van der Waals surface area contributed by atoms with E-state index in [2.05, 4.69) is 13.2 Å². The van der Waals surface area contributed by atoms with Crippen LogP contribution in [0.15, 0.2) is 98.1 Å². The molecule has 4 nitrogen and oxygen atoms in total. The maximum absolute atomic E-state index is 13.1. The van der Waals surface area contributed by atoms with Crippen molar-refractivity contribution in [3.63, 3.8) is 0 Å². The Morgan fingerprint density at radius 3 is 1.80 bits per heavy atom. The fraction of sp³-hybridized carbons (Fsp3) is 0.0769. The zero-order chi connectivity index (χ0) is 21.3. The third kappa shape index (κ3) is 4.55. The Bertz CT molecular complexity index is 1050. The molecule has 0 fully saturated rings. The third-order valence-corrected chi connectivity index (χ3v) is 4.44. The average molecular weight is 398 g/mol. The van der Waals surface area contributed by atoms with E-state index in [1.54, 1.807) is 6.07 Å². The Morgan fingerprint density at radius 1 is 0.700 bits per heavy atom. The van der Waals surface area contributed by atoms with Gasteiger partial charge in [-0.2, -0.15) is 0 Å². The lowest BCUT2D eigenvalue weighted by Gasteiger charge is -2.18. The van der Waals surface area contributed by atoms with Gasteiger partial charge in [-0.3, -0.25) is 0 Å². The van der Waals surface area contributed by atoms with Gasteiger partial charge in [0, 0.05) is 5.56 Å². The van der Waals surface area contributed by atoms with Gasteiger partial charge in [0.1, 0.15) is 13.2 Å². The van der Waals surface area contributed by atoms with E-state index < -0.39 is 11.9 Å². The van der Waals surface area contributed by atoms with Crippen LogP contribution in [0, 0.1) is 0 Å². The summed E-state index contributed by atoms with van der Waals surface area (Å²) in [7, 11) is 0. The van der Waals surface area contributed by atoms with Crippen LogP contribution in [0.25, 0.3) is 22.3 Å². The van der Waals surface area contributed by atoms with Crippen LogP contribution in [-0.4, -0.2) is 25.2 Å². The summed E-state index contributed by atoms with van der Waals surface area (Å²) >= 11 is 0. The number of esters is 2. The first-order valence-electron chi connectivity index (χ1n) is 9.51. The van der Waals surface area contributed by atoms with E-state index >= 15 is 0 Å². The lowest BCUT2D eigenvalue weighted by atomic mass is 9.87. The summed E-state index contributed by atoms with van der Waals surface area (Å²) in [6, 6.07) is 22.5. The molecule has 0 unspecified atom stereocenters. The molecule has 3 aromatic rings. The minimum Gasteiger partial charge on any atom is -0.458 e. The van der Waals surface area contributed by atoms with Gasteiger partial charge in [0.25, 0.3) is 0 Å². The minimum absolute atomic E-state index is 0.0315. The van der Waals surface area contributed by atoms with Crippen molar-refractivity contribution in [1.29, 1.82) is 0 Å². The van der Waals surface area contributed by atoms with Crippen LogP contribution in [0.2, 0.25) is 0 Å². The fourth-order valence-corrected chi connectivity index (χ4v) is 3.17. The third-order valence-electron chi connectivity index (χ3n) is 4.44. The molecule has 30 heavy (non-hydrogen) atoms. The number of hydrogen-bond donors (Lipinski definition) is 0. The lowest BCUT2D eigenvalue weighted by Crippen LogP contribution is -2.16. The molecule has 0 saturated carbocycles. The standard InChI is InChI=1S/C26H22O4/c1-3-17-29-25(27)22-16-15-21(19-11-7-5-8-12-19)23(20-13-9-6-10-14-20)24(22)26(28)30-18-4-2/h3-16H,1-2,17-18H2. The summed E-state index contributed by atoms with van der Waals surface area (Å²) in [5.41, 5.74) is 3.44. The smallest absolute Gasteiger partial charge is 0.339 e. The predicted molar refractivity (Wildman–Crippen MR) is 118 cm³/mol. The van der Waals surface area contributed by atoms with Gasteiger partial charge in [-0.1, -0.05) is 92.0 Å². The molecule has 0 aromatic heterocycles. The van der Waals surface area contributed by atoms with Crippen LogP contribution in [0.1, 0.15) is 20.7 Å². The first-order chi connectivity index (χ1) is 14.7. The molecule has 150 valence electrons. The number of benzene rings is 3. The average Bonchev–Trinajstić information content (AvgIpc) is 2.81. The summed E-state index contributed by atoms with van der Waals surface area (Å²) in [6.45, 7) is 7.23. The summed E-state index contributed by atoms with van der Waals surface area (Å²) in [5.74, 6) is -1.23. The van der Waals surface area contributed by atoms with E-state index in [1.165, 1.54) is 12.2 Å². The van der Waals surface area contributed by atoms with Gasteiger partial charge in [0.15, 0.2) is 0 Å². The van der Waals surface area contributed by atoms with Crippen LogP contribution in [0.3, 0.4) is 0 Å². The number of carbonyl (C=O) groups is 2. The number of hydrogen-bond acceptors (Lipinski definition) is 4. The molecule has 0 radical (unpaired) electrons. The molecular weight excluding hydrogens is 376 g/mol. The first kappa shape index (κ1) is 20.8. The van der Waals surface area contributed by atoms with E-state index in [0.29, 0.717) is 5.56 Å². The molecule has 0 aliphatic rings. The number of carbonyl (C=O) groups excluding carboxylic acids is 2. The van der Waals surface area contributed by atoms with Crippen molar-refractivity contribution < 1.29 is 19.1 Å². The van der Waals surface area contributed by atoms with Gasteiger partial charge in [0.2, 0.25) is 0 Å². The van der Waals surface area contributed by atoms with Gasteiger partial charge in [-0.05, 0) is 22.8 Å². The quantitative estimate of drug-likeness (QED) is 0.360. The van der Waals surface area contributed by atoms with Crippen molar-refractivity contribution in [2.24, 2.45) is 0 Å². The van der Waals surface area contributed by atoms with Crippen molar-refractivity contribution >= 4 is 11.9 Å². The molecule has 3 aromatic carbocycles. The molecule has 4 heteroatoms. The Hall–Kier alpha value is -3.92. The molecular formula is C26H22O4. The Balaban J connectivity index is 2.31. The van der Waals surface area contributed by atoms with Gasteiger partial charge < -0.3 is 9.47 Å². The monoisotopic (exact) mass is 398 g/mol. The predicted octanol–water partition coefficient (Wildman–Crippen LogP) is 5.71. The van der Waals surface area contributed by atoms with E-state index in [1.807, 2.05) is 66.7 Å². The Kier molecular flexibility index (Phi) is 6.95. The van der Waals surface area contributed by atoms with Crippen LogP contribution in [0.5, 0.6) is 0 Å². The number of rotatable bonds is 8. The van der Waals surface area contributed by atoms with Crippen LogP contribution in [0.4, 0.5) is 0 Å². The zero-order valence-corrected chi connectivity index (χ0v) is 16.5. The van der Waals surface area contributed by atoms with Crippen molar-refractivity contribution in [3.05, 3.63) is 109 Å². The highest BCUT2D eigenvalue weighted by Crippen LogP contribution is 2.37. The summed E-state index contributed by atoms with van der Waals surface area (Å²) in [6.07, 6.45) is 2.96. The molecule has 0 N–H and O–H groups in total. The fourth-order valence-electron chi connectivity index (χ4n) is 3.17. The second kappa shape index (κ2) is 10.0. The summed E-state index contributed by atoms with van der Waals surface area (Å²) in [5, 5.41) is 0. The Labute approximate surface area is 176 Å². The van der Waals surface area contributed by atoms with E-state index in [0.717, 1.165) is 16.7 Å². The molecule has 0 atom stereocenters.